The smallest absolute Gasteiger partial charge is 0.267 e. The van der Waals surface area contributed by atoms with Crippen molar-refractivity contribution in [3.8, 4) is 0 Å². The molecule has 1 heterocycles. The Morgan fingerprint density at radius 1 is 1.47 bits per heavy atom. The molecule has 5 heteroatoms. The minimum absolute atomic E-state index is 0.0450. The molecule has 0 atom stereocenters. The first-order valence-corrected chi connectivity index (χ1v) is 6.63. The van der Waals surface area contributed by atoms with E-state index in [0.717, 1.165) is 24.6 Å². The standard InChI is InChI=1S/C12H21N3OS/c1-9(2)7-15(8-12(3,4)5)11(16)10-6-13-14-17-10/h6,9H,7-8H2,1-5H3. The highest BCUT2D eigenvalue weighted by molar-refractivity contribution is 7.07. The quantitative estimate of drug-likeness (QED) is 0.831. The number of carbonyl (C=O) groups is 1. The van der Waals surface area contributed by atoms with Gasteiger partial charge in [0.15, 0.2) is 0 Å². The predicted molar refractivity (Wildman–Crippen MR) is 70.1 cm³/mol. The lowest BCUT2D eigenvalue weighted by Gasteiger charge is -2.30. The van der Waals surface area contributed by atoms with Gasteiger partial charge in [0.05, 0.1) is 6.20 Å². The summed E-state index contributed by atoms with van der Waals surface area (Å²) in [6.45, 7) is 12.2. The molecule has 0 unspecified atom stereocenters. The summed E-state index contributed by atoms with van der Waals surface area (Å²) in [6, 6.07) is 0. The Hall–Kier alpha value is -0.970. The van der Waals surface area contributed by atoms with Crippen LogP contribution in [-0.4, -0.2) is 33.5 Å². The van der Waals surface area contributed by atoms with Crippen LogP contribution < -0.4 is 0 Å². The second kappa shape index (κ2) is 5.58. The van der Waals surface area contributed by atoms with Crippen LogP contribution in [0.25, 0.3) is 0 Å². The molecule has 96 valence electrons. The summed E-state index contributed by atoms with van der Waals surface area (Å²) in [5, 5.41) is 3.72. The maximum absolute atomic E-state index is 12.3. The third-order valence-electron chi connectivity index (χ3n) is 2.11. The van der Waals surface area contributed by atoms with Crippen molar-refractivity contribution in [3.63, 3.8) is 0 Å². The Bertz CT molecular complexity index is 354. The van der Waals surface area contributed by atoms with Gasteiger partial charge in [-0.15, -0.1) is 5.10 Å². The van der Waals surface area contributed by atoms with E-state index in [2.05, 4.69) is 44.2 Å². The first kappa shape index (κ1) is 14.1. The predicted octanol–water partition coefficient (Wildman–Crippen LogP) is 2.68. The third kappa shape index (κ3) is 4.81. The van der Waals surface area contributed by atoms with E-state index in [-0.39, 0.29) is 11.3 Å². The molecule has 0 saturated heterocycles. The van der Waals surface area contributed by atoms with Crippen LogP contribution in [0.1, 0.15) is 44.3 Å². The van der Waals surface area contributed by atoms with Gasteiger partial charge in [0.2, 0.25) is 0 Å². The van der Waals surface area contributed by atoms with Crippen LogP contribution in [0, 0.1) is 11.3 Å². The highest BCUT2D eigenvalue weighted by atomic mass is 32.1. The Balaban J connectivity index is 2.79. The Morgan fingerprint density at radius 3 is 2.53 bits per heavy atom. The van der Waals surface area contributed by atoms with Crippen LogP contribution in [0.5, 0.6) is 0 Å². The van der Waals surface area contributed by atoms with E-state index in [9.17, 15) is 4.79 Å². The molecule has 0 spiro atoms. The van der Waals surface area contributed by atoms with Crippen LogP contribution in [0.3, 0.4) is 0 Å². The zero-order valence-electron chi connectivity index (χ0n) is 11.2. The van der Waals surface area contributed by atoms with E-state index in [1.165, 1.54) is 0 Å². The molecule has 0 saturated carbocycles. The fourth-order valence-electron chi connectivity index (χ4n) is 1.65. The molecular weight excluding hydrogens is 234 g/mol. The van der Waals surface area contributed by atoms with Crippen molar-refractivity contribution in [1.29, 1.82) is 0 Å². The summed E-state index contributed by atoms with van der Waals surface area (Å²) in [6.07, 6.45) is 1.54. The zero-order chi connectivity index (χ0) is 13.1. The molecule has 0 bridgehead atoms. The fraction of sp³-hybridized carbons (Fsp3) is 0.750. The zero-order valence-corrected chi connectivity index (χ0v) is 12.0. The van der Waals surface area contributed by atoms with Crippen molar-refractivity contribution in [2.75, 3.05) is 13.1 Å². The third-order valence-corrected chi connectivity index (χ3v) is 2.76. The number of carbonyl (C=O) groups excluding carboxylic acids is 1. The lowest BCUT2D eigenvalue weighted by molar-refractivity contribution is 0.0676. The molecule has 0 fully saturated rings. The van der Waals surface area contributed by atoms with Crippen LogP contribution in [0.15, 0.2) is 6.20 Å². The number of nitrogens with zero attached hydrogens (tertiary/aromatic N) is 3. The van der Waals surface area contributed by atoms with Gasteiger partial charge in [0.25, 0.3) is 5.91 Å². The molecule has 17 heavy (non-hydrogen) atoms. The number of aromatic nitrogens is 2. The molecule has 1 amide bonds. The molecule has 0 aliphatic carbocycles. The topological polar surface area (TPSA) is 46.1 Å². The normalized spacial score (nSPS) is 11.9. The minimum atomic E-state index is 0.0450. The number of amides is 1. The number of hydrogen-bond acceptors (Lipinski definition) is 4. The van der Waals surface area contributed by atoms with Gasteiger partial charge in [-0.3, -0.25) is 4.79 Å². The molecule has 0 aliphatic heterocycles. The van der Waals surface area contributed by atoms with Crippen molar-refractivity contribution in [2.45, 2.75) is 34.6 Å². The maximum atomic E-state index is 12.3. The van der Waals surface area contributed by atoms with Gasteiger partial charge in [-0.25, -0.2) is 0 Å². The number of hydrogen-bond donors (Lipinski definition) is 0. The van der Waals surface area contributed by atoms with Crippen molar-refractivity contribution >= 4 is 17.4 Å². The van der Waals surface area contributed by atoms with E-state index in [1.54, 1.807) is 6.20 Å². The summed E-state index contributed by atoms with van der Waals surface area (Å²) in [4.78, 5) is 14.8. The van der Waals surface area contributed by atoms with Gasteiger partial charge < -0.3 is 4.90 Å². The molecular formula is C12H21N3OS. The van der Waals surface area contributed by atoms with E-state index < -0.39 is 0 Å². The molecule has 1 rings (SSSR count). The van der Waals surface area contributed by atoms with Crippen molar-refractivity contribution in [2.24, 2.45) is 11.3 Å². The second-order valence-electron chi connectivity index (χ2n) is 5.92. The van der Waals surface area contributed by atoms with Crippen LogP contribution in [0.4, 0.5) is 0 Å². The SMILES string of the molecule is CC(C)CN(CC(C)(C)C)C(=O)c1cnns1. The van der Waals surface area contributed by atoms with Crippen molar-refractivity contribution < 1.29 is 4.79 Å². The summed E-state index contributed by atoms with van der Waals surface area (Å²) in [5.41, 5.74) is 0.0999. The minimum Gasteiger partial charge on any atom is -0.337 e. The van der Waals surface area contributed by atoms with Crippen molar-refractivity contribution in [3.05, 3.63) is 11.1 Å². The van der Waals surface area contributed by atoms with Gasteiger partial charge in [-0.05, 0) is 22.9 Å². The molecule has 0 N–H and O–H groups in total. The second-order valence-corrected chi connectivity index (χ2v) is 6.71. The van der Waals surface area contributed by atoms with E-state index in [0.29, 0.717) is 10.8 Å². The Morgan fingerprint density at radius 2 is 2.12 bits per heavy atom. The van der Waals surface area contributed by atoms with Gasteiger partial charge in [0, 0.05) is 13.1 Å². The Labute approximate surface area is 107 Å². The average molecular weight is 255 g/mol. The largest absolute Gasteiger partial charge is 0.337 e. The molecule has 0 aromatic carbocycles. The average Bonchev–Trinajstić information content (AvgIpc) is 2.65. The lowest BCUT2D eigenvalue weighted by atomic mass is 9.95. The molecule has 1 aromatic rings. The molecule has 1 aromatic heterocycles. The fourth-order valence-corrected chi connectivity index (χ4v) is 2.13. The van der Waals surface area contributed by atoms with Crippen LogP contribution in [-0.2, 0) is 0 Å². The first-order valence-electron chi connectivity index (χ1n) is 5.86. The molecule has 0 radical (unpaired) electrons. The highest BCUT2D eigenvalue weighted by Crippen LogP contribution is 2.19. The van der Waals surface area contributed by atoms with Gasteiger partial charge in [0.1, 0.15) is 4.88 Å². The highest BCUT2D eigenvalue weighted by Gasteiger charge is 2.23. The van der Waals surface area contributed by atoms with E-state index in [4.69, 9.17) is 0 Å². The van der Waals surface area contributed by atoms with Gasteiger partial charge in [-0.1, -0.05) is 39.1 Å². The summed E-state index contributed by atoms with van der Waals surface area (Å²) in [5.74, 6) is 0.505. The maximum Gasteiger partial charge on any atom is 0.267 e. The Kier molecular flexibility index (Phi) is 4.62. The monoisotopic (exact) mass is 255 g/mol. The van der Waals surface area contributed by atoms with Crippen LogP contribution in [0.2, 0.25) is 0 Å². The summed E-state index contributed by atoms with van der Waals surface area (Å²) < 4.78 is 3.75. The first-order chi connectivity index (χ1) is 7.79. The van der Waals surface area contributed by atoms with Crippen LogP contribution >= 0.6 is 11.5 Å². The van der Waals surface area contributed by atoms with Crippen molar-refractivity contribution in [1.82, 2.24) is 14.5 Å². The molecule has 4 nitrogen and oxygen atoms in total. The lowest BCUT2D eigenvalue weighted by Crippen LogP contribution is -2.39. The van der Waals surface area contributed by atoms with E-state index in [1.807, 2.05) is 4.90 Å². The van der Waals surface area contributed by atoms with Gasteiger partial charge >= 0.3 is 0 Å². The summed E-state index contributed by atoms with van der Waals surface area (Å²) in [7, 11) is 0. The van der Waals surface area contributed by atoms with Gasteiger partial charge in [-0.2, -0.15) is 0 Å². The number of rotatable bonds is 4. The molecule has 0 aliphatic rings. The summed E-state index contributed by atoms with van der Waals surface area (Å²) >= 11 is 1.16. The van der Waals surface area contributed by atoms with E-state index >= 15 is 0 Å².